The third-order valence-corrected chi connectivity index (χ3v) is 6.51. The normalized spacial score (nSPS) is 29.7. The molecule has 0 aromatic heterocycles. The highest BCUT2D eigenvalue weighted by atomic mass is 79.9. The van der Waals surface area contributed by atoms with Gasteiger partial charge < -0.3 is 10.2 Å². The van der Waals surface area contributed by atoms with Crippen LogP contribution in [0.4, 0.5) is 5.69 Å². The highest BCUT2D eigenvalue weighted by molar-refractivity contribution is 9.10. The van der Waals surface area contributed by atoms with E-state index in [1.165, 1.54) is 32.4 Å². The van der Waals surface area contributed by atoms with Gasteiger partial charge in [-0.05, 0) is 66.6 Å². The van der Waals surface area contributed by atoms with E-state index < -0.39 is 0 Å². The van der Waals surface area contributed by atoms with Crippen LogP contribution in [0.2, 0.25) is 5.02 Å². The van der Waals surface area contributed by atoms with Gasteiger partial charge in [-0.3, -0.25) is 0 Å². The summed E-state index contributed by atoms with van der Waals surface area (Å²) in [6.07, 6.45) is 4.07. The maximum absolute atomic E-state index is 6.22. The number of hydrogen-bond donors (Lipinski definition) is 1. The number of nitrogens with one attached hydrogen (secondary N) is 1. The first kappa shape index (κ1) is 15.6. The maximum atomic E-state index is 6.22. The molecule has 1 N–H and O–H groups in total. The third kappa shape index (κ3) is 3.25. The molecule has 2 atom stereocenters. The van der Waals surface area contributed by atoms with Crippen LogP contribution in [0.3, 0.4) is 0 Å². The van der Waals surface area contributed by atoms with Crippen LogP contribution in [-0.4, -0.2) is 30.1 Å². The molecule has 116 valence electrons. The molecule has 3 rings (SSSR count). The monoisotopic (exact) mass is 370 g/mol. The molecule has 0 radical (unpaired) electrons. The van der Waals surface area contributed by atoms with Gasteiger partial charge in [0, 0.05) is 25.2 Å². The molecule has 1 aromatic carbocycles. The highest BCUT2D eigenvalue weighted by Gasteiger charge is 2.40. The molecule has 2 unspecified atom stereocenters. The van der Waals surface area contributed by atoms with Crippen LogP contribution in [0.15, 0.2) is 22.7 Å². The van der Waals surface area contributed by atoms with Crippen LogP contribution in [0.25, 0.3) is 0 Å². The Labute approximate surface area is 141 Å². The molecule has 1 aliphatic carbocycles. The van der Waals surface area contributed by atoms with Crippen LogP contribution in [-0.2, 0) is 0 Å². The first-order valence-electron chi connectivity index (χ1n) is 8.01. The second-order valence-electron chi connectivity index (χ2n) is 6.77. The second-order valence-corrected chi connectivity index (χ2v) is 7.97. The summed E-state index contributed by atoms with van der Waals surface area (Å²) in [5, 5.41) is 4.58. The van der Waals surface area contributed by atoms with Crippen LogP contribution in [0.1, 0.15) is 33.1 Å². The van der Waals surface area contributed by atoms with Crippen molar-refractivity contribution in [1.29, 1.82) is 0 Å². The minimum Gasteiger partial charge on any atom is -0.381 e. The summed E-state index contributed by atoms with van der Waals surface area (Å²) in [4.78, 5) is 2.65. The van der Waals surface area contributed by atoms with Crippen LogP contribution in [0.5, 0.6) is 0 Å². The van der Waals surface area contributed by atoms with Gasteiger partial charge in [-0.25, -0.2) is 0 Å². The van der Waals surface area contributed by atoms with Gasteiger partial charge in [-0.15, -0.1) is 0 Å². The Hall–Kier alpha value is -0.250. The van der Waals surface area contributed by atoms with Gasteiger partial charge >= 0.3 is 0 Å². The van der Waals surface area contributed by atoms with E-state index in [9.17, 15) is 0 Å². The fraction of sp³-hybridized carbons (Fsp3) is 0.647. The Balaban J connectivity index is 1.78. The van der Waals surface area contributed by atoms with Crippen LogP contribution in [0, 0.1) is 11.8 Å². The van der Waals surface area contributed by atoms with Crippen molar-refractivity contribution in [2.24, 2.45) is 11.8 Å². The third-order valence-electron chi connectivity index (χ3n) is 5.11. The van der Waals surface area contributed by atoms with E-state index in [0.29, 0.717) is 12.1 Å². The number of nitrogens with zero attached hydrogens (tertiary/aromatic N) is 1. The van der Waals surface area contributed by atoms with Gasteiger partial charge in [0.1, 0.15) is 0 Å². The van der Waals surface area contributed by atoms with Crippen molar-refractivity contribution >= 4 is 33.2 Å². The van der Waals surface area contributed by atoms with Crippen LogP contribution < -0.4 is 5.32 Å². The highest BCUT2D eigenvalue weighted by Crippen LogP contribution is 2.39. The van der Waals surface area contributed by atoms with E-state index in [0.717, 1.165) is 27.0 Å². The van der Waals surface area contributed by atoms with Crippen molar-refractivity contribution in [3.63, 3.8) is 0 Å². The smallest absolute Gasteiger partial charge is 0.0593 e. The van der Waals surface area contributed by atoms with E-state index in [-0.39, 0.29) is 0 Å². The summed E-state index contributed by atoms with van der Waals surface area (Å²) in [6, 6.07) is 7.32. The Morgan fingerprint density at radius 1 is 1.24 bits per heavy atom. The molecule has 1 saturated carbocycles. The Kier molecular flexibility index (Phi) is 4.82. The topological polar surface area (TPSA) is 15.3 Å². The number of benzene rings is 1. The largest absolute Gasteiger partial charge is 0.381 e. The summed E-state index contributed by atoms with van der Waals surface area (Å²) >= 11 is 9.84. The van der Waals surface area contributed by atoms with E-state index in [1.54, 1.807) is 0 Å². The van der Waals surface area contributed by atoms with Crippen molar-refractivity contribution in [3.8, 4) is 0 Å². The molecule has 2 bridgehead atoms. The van der Waals surface area contributed by atoms with Crippen molar-refractivity contribution < 1.29 is 0 Å². The first-order valence-corrected chi connectivity index (χ1v) is 9.18. The van der Waals surface area contributed by atoms with Crippen molar-refractivity contribution in [2.45, 2.75) is 45.2 Å². The van der Waals surface area contributed by atoms with Crippen molar-refractivity contribution in [1.82, 2.24) is 4.90 Å². The average Bonchev–Trinajstić information content (AvgIpc) is 2.43. The minimum absolute atomic E-state index is 0.587. The van der Waals surface area contributed by atoms with Gasteiger partial charge in [-0.2, -0.15) is 0 Å². The van der Waals surface area contributed by atoms with E-state index in [1.807, 2.05) is 12.1 Å². The molecule has 2 nitrogen and oxygen atoms in total. The maximum Gasteiger partial charge on any atom is 0.0593 e. The summed E-state index contributed by atoms with van der Waals surface area (Å²) < 4.78 is 0.996. The molecular weight excluding hydrogens is 348 g/mol. The van der Waals surface area contributed by atoms with E-state index >= 15 is 0 Å². The number of piperidine rings is 1. The van der Waals surface area contributed by atoms with Gasteiger partial charge in [0.15, 0.2) is 0 Å². The molecule has 0 spiro atoms. The molecule has 21 heavy (non-hydrogen) atoms. The molecule has 1 saturated heterocycles. The second kappa shape index (κ2) is 6.47. The molecule has 0 amide bonds. The molecule has 1 heterocycles. The number of likely N-dealkylation sites (tertiary alicyclic amines) is 1. The van der Waals surface area contributed by atoms with Gasteiger partial charge in [-0.1, -0.05) is 24.1 Å². The zero-order valence-corrected chi connectivity index (χ0v) is 15.1. The molecule has 2 aliphatic rings. The van der Waals surface area contributed by atoms with E-state index in [2.05, 4.69) is 46.1 Å². The lowest BCUT2D eigenvalue weighted by Crippen LogP contribution is -2.56. The van der Waals surface area contributed by atoms with Crippen molar-refractivity contribution in [3.05, 3.63) is 27.7 Å². The summed E-state index contributed by atoms with van der Waals surface area (Å²) in [6.45, 7) is 7.09. The SMILES string of the molecule is CC(C)N1CC2CCCC(C1)C2Nc1cccc(Cl)c1Br. The first-order chi connectivity index (χ1) is 10.1. The number of hydrogen-bond acceptors (Lipinski definition) is 2. The number of rotatable bonds is 3. The Morgan fingerprint density at radius 2 is 1.90 bits per heavy atom. The Bertz CT molecular complexity index is 492. The summed E-state index contributed by atoms with van der Waals surface area (Å²) in [5.74, 6) is 1.51. The molecular formula is C17H24BrClN2. The lowest BCUT2D eigenvalue weighted by molar-refractivity contribution is 0.0518. The number of anilines is 1. The van der Waals surface area contributed by atoms with Crippen molar-refractivity contribution in [2.75, 3.05) is 18.4 Å². The Morgan fingerprint density at radius 3 is 2.52 bits per heavy atom. The predicted molar refractivity (Wildman–Crippen MR) is 94.1 cm³/mol. The van der Waals surface area contributed by atoms with E-state index in [4.69, 9.17) is 11.6 Å². The van der Waals surface area contributed by atoms with Gasteiger partial charge in [0.2, 0.25) is 0 Å². The zero-order chi connectivity index (χ0) is 15.0. The lowest BCUT2D eigenvalue weighted by atomic mass is 9.73. The van der Waals surface area contributed by atoms with Gasteiger partial charge in [0.25, 0.3) is 0 Å². The quantitative estimate of drug-likeness (QED) is 0.802. The fourth-order valence-corrected chi connectivity index (χ4v) is 4.48. The average molecular weight is 372 g/mol. The molecule has 1 aliphatic heterocycles. The standard InChI is InChI=1S/C17H24BrClN2/c1-11(2)21-9-12-5-3-6-13(10-21)17(12)20-15-8-4-7-14(19)16(15)18/h4,7-8,11-13,17,20H,3,5-6,9-10H2,1-2H3. The van der Waals surface area contributed by atoms with Gasteiger partial charge in [0.05, 0.1) is 15.2 Å². The number of fused-ring (bicyclic) bond motifs is 2. The molecule has 2 fully saturated rings. The summed E-state index contributed by atoms with van der Waals surface area (Å²) in [7, 11) is 0. The molecule has 4 heteroatoms. The number of halogens is 2. The molecule has 1 aromatic rings. The zero-order valence-electron chi connectivity index (χ0n) is 12.8. The lowest BCUT2D eigenvalue weighted by Gasteiger charge is -2.49. The summed E-state index contributed by atoms with van der Waals surface area (Å²) in [5.41, 5.74) is 1.14. The predicted octanol–water partition coefficient (Wildman–Crippen LogP) is 5.02. The van der Waals surface area contributed by atoms with Crippen LogP contribution >= 0.6 is 27.5 Å². The minimum atomic E-state index is 0.587. The fourth-order valence-electron chi connectivity index (χ4n) is 3.93.